The molecule has 3 heterocycles. The quantitative estimate of drug-likeness (QED) is 0.452. The van der Waals surface area contributed by atoms with E-state index in [1.807, 2.05) is 6.92 Å². The van der Waals surface area contributed by atoms with Crippen molar-refractivity contribution in [2.75, 3.05) is 13.2 Å². The second kappa shape index (κ2) is 11.4. The fourth-order valence-corrected chi connectivity index (χ4v) is 5.10. The van der Waals surface area contributed by atoms with Crippen molar-refractivity contribution in [2.24, 2.45) is 0 Å². The summed E-state index contributed by atoms with van der Waals surface area (Å²) in [5, 5.41) is 16.3. The second-order valence-electron chi connectivity index (χ2n) is 9.67. The lowest BCUT2D eigenvalue weighted by Crippen LogP contribution is -2.49. The molecule has 1 aliphatic heterocycles. The third-order valence-corrected chi connectivity index (χ3v) is 7.12. The highest BCUT2D eigenvalue weighted by Crippen LogP contribution is 2.28. The number of nitrogens with zero attached hydrogens (tertiary/aromatic N) is 5. The maximum atomic E-state index is 13.8. The molecule has 2 aliphatic rings. The molecule has 11 heteroatoms. The molecule has 0 radical (unpaired) electrons. The molecule has 2 aromatic heterocycles. The maximum Gasteiger partial charge on any atom is 0.250 e. The predicted octanol–water partition coefficient (Wildman–Crippen LogP) is 3.70. The molecule has 1 saturated heterocycles. The number of carbonyl (C=O) groups excluding carboxylic acids is 2. The Bertz CT molecular complexity index is 1210. The van der Waals surface area contributed by atoms with Crippen molar-refractivity contribution >= 4 is 23.4 Å². The molecular weight excluding hydrogens is 496 g/mol. The molecule has 1 saturated carbocycles. The summed E-state index contributed by atoms with van der Waals surface area (Å²) >= 11 is 5.98. The summed E-state index contributed by atoms with van der Waals surface area (Å²) < 4.78 is 11.7. The number of benzene rings is 1. The van der Waals surface area contributed by atoms with Crippen LogP contribution in [-0.2, 0) is 20.9 Å². The van der Waals surface area contributed by atoms with E-state index in [1.54, 1.807) is 41.3 Å². The van der Waals surface area contributed by atoms with Crippen molar-refractivity contribution in [2.45, 2.75) is 70.2 Å². The number of rotatable bonds is 9. The van der Waals surface area contributed by atoms with Gasteiger partial charge in [0.25, 0.3) is 5.91 Å². The van der Waals surface area contributed by atoms with Gasteiger partial charge in [0, 0.05) is 29.8 Å². The number of aromatic nitrogens is 4. The fraction of sp³-hybridized carbons (Fsp3) is 0.500. The average molecular weight is 527 g/mol. The first kappa shape index (κ1) is 25.4. The first-order chi connectivity index (χ1) is 18.0. The molecule has 1 aliphatic carbocycles. The molecule has 1 N–H and O–H groups in total. The number of tetrazole rings is 1. The van der Waals surface area contributed by atoms with Crippen LogP contribution >= 0.6 is 11.6 Å². The van der Waals surface area contributed by atoms with Crippen LogP contribution in [0.2, 0.25) is 5.02 Å². The Morgan fingerprint density at radius 2 is 1.92 bits per heavy atom. The fourth-order valence-electron chi connectivity index (χ4n) is 4.97. The molecule has 2 atom stereocenters. The first-order valence-corrected chi connectivity index (χ1v) is 13.2. The van der Waals surface area contributed by atoms with Gasteiger partial charge >= 0.3 is 0 Å². The molecule has 0 bridgehead atoms. The van der Waals surface area contributed by atoms with Crippen molar-refractivity contribution in [3.8, 4) is 11.4 Å². The van der Waals surface area contributed by atoms with Crippen LogP contribution in [0.1, 0.15) is 56.1 Å². The van der Waals surface area contributed by atoms with Crippen molar-refractivity contribution in [3.05, 3.63) is 52.9 Å². The molecule has 196 valence electrons. The Balaban J connectivity index is 1.40. The monoisotopic (exact) mass is 526 g/mol. The van der Waals surface area contributed by atoms with E-state index < -0.39 is 6.04 Å². The van der Waals surface area contributed by atoms with Crippen LogP contribution in [0.4, 0.5) is 0 Å². The summed E-state index contributed by atoms with van der Waals surface area (Å²) in [6.45, 7) is 2.54. The van der Waals surface area contributed by atoms with Gasteiger partial charge in [-0.15, -0.1) is 10.2 Å². The van der Waals surface area contributed by atoms with Crippen molar-refractivity contribution < 1.29 is 18.7 Å². The van der Waals surface area contributed by atoms with Crippen molar-refractivity contribution in [1.82, 2.24) is 30.4 Å². The minimum atomic E-state index is -0.926. The number of amides is 2. The van der Waals surface area contributed by atoms with Gasteiger partial charge in [-0.25, -0.2) is 0 Å². The number of carbonyl (C=O) groups is 2. The molecule has 37 heavy (non-hydrogen) atoms. The summed E-state index contributed by atoms with van der Waals surface area (Å²) in [6.07, 6.45) is 5.62. The summed E-state index contributed by atoms with van der Waals surface area (Å²) in [5.41, 5.74) is 0.735. The molecule has 10 nitrogen and oxygen atoms in total. The van der Waals surface area contributed by atoms with E-state index in [9.17, 15) is 9.59 Å². The second-order valence-corrected chi connectivity index (χ2v) is 10.1. The van der Waals surface area contributed by atoms with Crippen LogP contribution in [0.5, 0.6) is 0 Å². The van der Waals surface area contributed by atoms with Gasteiger partial charge in [-0.1, -0.05) is 24.4 Å². The molecule has 3 aromatic rings. The molecular formula is C26H31ClN6O4. The summed E-state index contributed by atoms with van der Waals surface area (Å²) in [7, 11) is 0. The first-order valence-electron chi connectivity index (χ1n) is 12.8. The molecule has 0 spiro atoms. The summed E-state index contributed by atoms with van der Waals surface area (Å²) in [6, 6.07) is 9.80. The largest absolute Gasteiger partial charge is 0.464 e. The lowest BCUT2D eigenvalue weighted by Gasteiger charge is -2.32. The number of nitrogens with one attached hydrogen (secondary N) is 1. The molecule has 0 unspecified atom stereocenters. The smallest absolute Gasteiger partial charge is 0.250 e. The summed E-state index contributed by atoms with van der Waals surface area (Å²) in [5.74, 6) is 0.904. The van der Waals surface area contributed by atoms with Gasteiger partial charge in [0.1, 0.15) is 18.1 Å². The van der Waals surface area contributed by atoms with Gasteiger partial charge < -0.3 is 19.4 Å². The normalized spacial score (nSPS) is 18.7. The topological polar surface area (TPSA) is 115 Å². The Morgan fingerprint density at radius 1 is 1.14 bits per heavy atom. The van der Waals surface area contributed by atoms with Gasteiger partial charge in [0.15, 0.2) is 6.04 Å². The molecule has 1 aromatic carbocycles. The van der Waals surface area contributed by atoms with Gasteiger partial charge in [0.2, 0.25) is 11.7 Å². The number of aryl methyl sites for hydroxylation is 1. The number of furan rings is 1. The maximum absolute atomic E-state index is 13.8. The summed E-state index contributed by atoms with van der Waals surface area (Å²) in [4.78, 5) is 30.2. The number of hydrogen-bond acceptors (Lipinski definition) is 7. The van der Waals surface area contributed by atoms with E-state index in [4.69, 9.17) is 20.8 Å². The van der Waals surface area contributed by atoms with Gasteiger partial charge in [0.05, 0.1) is 6.10 Å². The SMILES string of the molecule is Cc1ccc([C@@H](C(=O)NC2CCCC2)N(C[C@@H]2CCCO2)C(=O)Cn2nnc(-c3ccc(Cl)cc3)n2)o1. The average Bonchev–Trinajstić information content (AvgIpc) is 3.69. The zero-order chi connectivity index (χ0) is 25.8. The van der Waals surface area contributed by atoms with Gasteiger partial charge in [-0.05, 0) is 74.2 Å². The minimum absolute atomic E-state index is 0.102. The van der Waals surface area contributed by atoms with E-state index >= 15 is 0 Å². The lowest BCUT2D eigenvalue weighted by atomic mass is 10.1. The molecule has 5 rings (SSSR count). The van der Waals surface area contributed by atoms with Gasteiger partial charge in [-0.2, -0.15) is 4.80 Å². The van der Waals surface area contributed by atoms with E-state index in [2.05, 4.69) is 20.7 Å². The van der Waals surface area contributed by atoms with Crippen LogP contribution in [0, 0.1) is 6.92 Å². The van der Waals surface area contributed by atoms with Crippen LogP contribution in [0.25, 0.3) is 11.4 Å². The Hall–Kier alpha value is -3.24. The minimum Gasteiger partial charge on any atom is -0.464 e. The molecule has 2 fully saturated rings. The zero-order valence-electron chi connectivity index (χ0n) is 20.8. The van der Waals surface area contributed by atoms with Crippen molar-refractivity contribution in [3.63, 3.8) is 0 Å². The van der Waals surface area contributed by atoms with Crippen LogP contribution in [-0.4, -0.2) is 62.2 Å². The number of hydrogen-bond donors (Lipinski definition) is 1. The van der Waals surface area contributed by atoms with Gasteiger partial charge in [-0.3, -0.25) is 9.59 Å². The Morgan fingerprint density at radius 3 is 2.59 bits per heavy atom. The number of ether oxygens (including phenoxy) is 1. The Kier molecular flexibility index (Phi) is 7.85. The highest BCUT2D eigenvalue weighted by Gasteiger charge is 2.37. The van der Waals surface area contributed by atoms with E-state index in [0.29, 0.717) is 29.0 Å². The highest BCUT2D eigenvalue weighted by molar-refractivity contribution is 6.30. The lowest BCUT2D eigenvalue weighted by molar-refractivity contribution is -0.144. The highest BCUT2D eigenvalue weighted by atomic mass is 35.5. The van der Waals surface area contributed by atoms with E-state index in [-0.39, 0.29) is 37.0 Å². The number of halogens is 1. The standard InChI is InChI=1S/C26H31ClN6O4/c1-17-8-13-22(37-17)24(26(35)28-20-5-2-3-6-20)32(15-21-7-4-14-36-21)23(34)16-33-30-25(29-31-33)18-9-11-19(27)12-10-18/h8-13,20-21,24H,2-7,14-16H2,1H3,(H,28,35)/t21-,24-/m0/s1. The van der Waals surface area contributed by atoms with Crippen LogP contribution in [0.15, 0.2) is 40.8 Å². The van der Waals surface area contributed by atoms with Crippen LogP contribution < -0.4 is 5.32 Å². The van der Waals surface area contributed by atoms with Crippen LogP contribution in [0.3, 0.4) is 0 Å². The van der Waals surface area contributed by atoms with Crippen molar-refractivity contribution in [1.29, 1.82) is 0 Å². The third kappa shape index (κ3) is 6.19. The Labute approximate surface area is 220 Å². The van der Waals surface area contributed by atoms with E-state index in [0.717, 1.165) is 44.1 Å². The zero-order valence-corrected chi connectivity index (χ0v) is 21.6. The molecule has 2 amide bonds. The predicted molar refractivity (Wildman–Crippen MR) is 136 cm³/mol. The third-order valence-electron chi connectivity index (χ3n) is 6.87. The van der Waals surface area contributed by atoms with E-state index in [1.165, 1.54) is 4.80 Å².